The molecule has 1 heterocycles. The van der Waals surface area contributed by atoms with Crippen LogP contribution in [-0.4, -0.2) is 62.4 Å². The highest BCUT2D eigenvalue weighted by atomic mass is 127. The maximum atomic E-state index is 6.10. The van der Waals surface area contributed by atoms with Crippen LogP contribution in [0.2, 0.25) is 0 Å². The highest BCUT2D eigenvalue weighted by Crippen LogP contribution is 2.23. The average Bonchev–Trinajstić information content (AvgIpc) is 2.67. The van der Waals surface area contributed by atoms with Crippen LogP contribution >= 0.6 is 24.0 Å². The highest BCUT2D eigenvalue weighted by molar-refractivity contribution is 14.0. The Balaban J connectivity index is 0.00000450. The Morgan fingerprint density at radius 3 is 2.53 bits per heavy atom. The zero-order chi connectivity index (χ0) is 21.1. The first-order valence-corrected chi connectivity index (χ1v) is 10.9. The summed E-state index contributed by atoms with van der Waals surface area (Å²) in [5.41, 5.74) is 0.882. The van der Waals surface area contributed by atoms with Gasteiger partial charge >= 0.3 is 0 Å². The van der Waals surface area contributed by atoms with Crippen LogP contribution in [0.4, 0.5) is 0 Å². The van der Waals surface area contributed by atoms with Gasteiger partial charge in [-0.3, -0.25) is 0 Å². The number of hydrogen-bond donors (Lipinski definition) is 2. The number of likely N-dealkylation sites (tertiary alicyclic amines) is 1. The largest absolute Gasteiger partial charge is 0.488 e. The standard InChI is InChI=1S/C23H40N4O2.HI/c1-6-24-22(26-20-12-15-27(16-13-20)14-9-17-28-5)25-18-19-10-7-8-11-21(19)29-23(2,3)4;/h7-8,10-11,20H,6,9,12-18H2,1-5H3,(H2,24,25,26);1H. The van der Waals surface area contributed by atoms with Crippen LogP contribution in [0.5, 0.6) is 5.75 Å². The maximum Gasteiger partial charge on any atom is 0.191 e. The molecule has 2 N–H and O–H groups in total. The van der Waals surface area contributed by atoms with Crippen LogP contribution in [0, 0.1) is 0 Å². The summed E-state index contributed by atoms with van der Waals surface area (Å²) < 4.78 is 11.3. The molecule has 0 atom stereocenters. The number of hydrogen-bond acceptors (Lipinski definition) is 4. The Labute approximate surface area is 200 Å². The SMILES string of the molecule is CCNC(=NCc1ccccc1OC(C)(C)C)NC1CCN(CCCOC)CC1.I. The quantitative estimate of drug-likeness (QED) is 0.218. The number of aliphatic imine (C=N–C) groups is 1. The summed E-state index contributed by atoms with van der Waals surface area (Å²) in [7, 11) is 1.77. The van der Waals surface area contributed by atoms with Crippen molar-refractivity contribution >= 4 is 29.9 Å². The highest BCUT2D eigenvalue weighted by Gasteiger charge is 2.20. The van der Waals surface area contributed by atoms with E-state index in [1.807, 2.05) is 18.2 Å². The number of benzene rings is 1. The van der Waals surface area contributed by atoms with Crippen LogP contribution < -0.4 is 15.4 Å². The normalized spacial score (nSPS) is 16.1. The van der Waals surface area contributed by atoms with E-state index < -0.39 is 0 Å². The van der Waals surface area contributed by atoms with Crippen molar-refractivity contribution in [2.75, 3.05) is 39.9 Å². The predicted molar refractivity (Wildman–Crippen MR) is 136 cm³/mol. The van der Waals surface area contributed by atoms with Gasteiger partial charge in [0.1, 0.15) is 11.4 Å². The van der Waals surface area contributed by atoms with E-state index in [0.29, 0.717) is 12.6 Å². The van der Waals surface area contributed by atoms with Gasteiger partial charge in [0.15, 0.2) is 5.96 Å². The third-order valence-corrected chi connectivity index (χ3v) is 4.89. The van der Waals surface area contributed by atoms with Gasteiger partial charge in [-0.1, -0.05) is 18.2 Å². The van der Waals surface area contributed by atoms with Gasteiger partial charge in [-0.2, -0.15) is 0 Å². The summed E-state index contributed by atoms with van der Waals surface area (Å²) in [6, 6.07) is 8.63. The minimum absolute atomic E-state index is 0. The van der Waals surface area contributed by atoms with E-state index in [4.69, 9.17) is 14.5 Å². The van der Waals surface area contributed by atoms with Crippen molar-refractivity contribution < 1.29 is 9.47 Å². The first-order chi connectivity index (χ1) is 13.9. The predicted octanol–water partition coefficient (Wildman–Crippen LogP) is 4.04. The summed E-state index contributed by atoms with van der Waals surface area (Å²) in [4.78, 5) is 7.36. The first-order valence-electron chi connectivity index (χ1n) is 10.9. The van der Waals surface area contributed by atoms with Crippen molar-refractivity contribution in [1.29, 1.82) is 0 Å². The van der Waals surface area contributed by atoms with E-state index in [0.717, 1.165) is 69.3 Å². The minimum atomic E-state index is -0.222. The Kier molecular flexibility index (Phi) is 12.7. The van der Waals surface area contributed by atoms with Crippen molar-refractivity contribution in [3.63, 3.8) is 0 Å². The van der Waals surface area contributed by atoms with E-state index in [1.54, 1.807) is 7.11 Å². The van der Waals surface area contributed by atoms with Gasteiger partial charge in [-0.05, 0) is 53.0 Å². The molecule has 30 heavy (non-hydrogen) atoms. The van der Waals surface area contributed by atoms with Gasteiger partial charge in [-0.15, -0.1) is 24.0 Å². The van der Waals surface area contributed by atoms with Gasteiger partial charge in [0.2, 0.25) is 0 Å². The molecule has 1 aromatic rings. The monoisotopic (exact) mass is 532 g/mol. The summed E-state index contributed by atoms with van der Waals surface area (Å²) in [6.07, 6.45) is 3.39. The molecule has 0 radical (unpaired) electrons. The number of para-hydroxylation sites is 1. The lowest BCUT2D eigenvalue weighted by atomic mass is 10.1. The summed E-state index contributed by atoms with van der Waals surface area (Å²) >= 11 is 0. The molecule has 0 bridgehead atoms. The van der Waals surface area contributed by atoms with Gasteiger partial charge in [0.05, 0.1) is 6.54 Å². The Hall–Kier alpha value is -1.06. The number of ether oxygens (including phenoxy) is 2. The molecule has 1 aliphatic heterocycles. The molecule has 172 valence electrons. The van der Waals surface area contributed by atoms with Crippen molar-refractivity contribution in [1.82, 2.24) is 15.5 Å². The molecule has 1 saturated heterocycles. The molecule has 0 spiro atoms. The van der Waals surface area contributed by atoms with E-state index in [2.05, 4.69) is 49.3 Å². The second-order valence-corrected chi connectivity index (χ2v) is 8.62. The van der Waals surface area contributed by atoms with Gasteiger partial charge in [0, 0.05) is 51.5 Å². The van der Waals surface area contributed by atoms with Gasteiger partial charge in [0.25, 0.3) is 0 Å². The molecule has 2 rings (SSSR count). The number of rotatable bonds is 9. The Bertz CT molecular complexity index is 626. The number of methoxy groups -OCH3 is 1. The fourth-order valence-electron chi connectivity index (χ4n) is 3.47. The van der Waals surface area contributed by atoms with Crippen LogP contribution in [-0.2, 0) is 11.3 Å². The van der Waals surface area contributed by atoms with E-state index in [9.17, 15) is 0 Å². The number of nitrogens with one attached hydrogen (secondary N) is 2. The number of guanidine groups is 1. The Morgan fingerprint density at radius 1 is 1.20 bits per heavy atom. The van der Waals surface area contributed by atoms with Crippen molar-refractivity contribution in [3.8, 4) is 5.75 Å². The summed E-state index contributed by atoms with van der Waals surface area (Å²) in [6.45, 7) is 14.0. The molecule has 1 aliphatic rings. The lowest BCUT2D eigenvalue weighted by Crippen LogP contribution is -2.48. The van der Waals surface area contributed by atoms with E-state index >= 15 is 0 Å². The summed E-state index contributed by atoms with van der Waals surface area (Å²) in [5, 5.41) is 7.02. The fraction of sp³-hybridized carbons (Fsp3) is 0.696. The topological polar surface area (TPSA) is 58.1 Å². The zero-order valence-corrected chi connectivity index (χ0v) is 21.7. The Morgan fingerprint density at radius 2 is 1.90 bits per heavy atom. The molecule has 1 aromatic carbocycles. The molecule has 6 nitrogen and oxygen atoms in total. The average molecular weight is 533 g/mol. The molecule has 7 heteroatoms. The van der Waals surface area contributed by atoms with Crippen molar-refractivity contribution in [2.24, 2.45) is 4.99 Å². The molecule has 0 amide bonds. The molecule has 0 aromatic heterocycles. The van der Waals surface area contributed by atoms with Crippen LogP contribution in [0.15, 0.2) is 29.3 Å². The fourth-order valence-corrected chi connectivity index (χ4v) is 3.47. The third kappa shape index (κ3) is 10.3. The lowest BCUT2D eigenvalue weighted by Gasteiger charge is -2.33. The number of piperidine rings is 1. The molecular formula is C23H41IN4O2. The molecule has 0 unspecified atom stereocenters. The van der Waals surface area contributed by atoms with E-state index in [-0.39, 0.29) is 29.6 Å². The number of halogens is 1. The van der Waals surface area contributed by atoms with Gasteiger partial charge < -0.3 is 25.0 Å². The van der Waals surface area contributed by atoms with Crippen molar-refractivity contribution in [3.05, 3.63) is 29.8 Å². The minimum Gasteiger partial charge on any atom is -0.488 e. The maximum absolute atomic E-state index is 6.10. The van der Waals surface area contributed by atoms with E-state index in [1.165, 1.54) is 0 Å². The second kappa shape index (κ2) is 14.1. The van der Waals surface area contributed by atoms with Crippen LogP contribution in [0.25, 0.3) is 0 Å². The second-order valence-electron chi connectivity index (χ2n) is 8.62. The molecule has 0 saturated carbocycles. The smallest absolute Gasteiger partial charge is 0.191 e. The molecule has 1 fully saturated rings. The van der Waals surface area contributed by atoms with Crippen LogP contribution in [0.3, 0.4) is 0 Å². The van der Waals surface area contributed by atoms with Crippen LogP contribution in [0.1, 0.15) is 52.5 Å². The lowest BCUT2D eigenvalue weighted by molar-refractivity contribution is 0.129. The molecule has 0 aliphatic carbocycles. The molecular weight excluding hydrogens is 491 g/mol. The van der Waals surface area contributed by atoms with Gasteiger partial charge in [-0.25, -0.2) is 4.99 Å². The zero-order valence-electron chi connectivity index (χ0n) is 19.4. The first kappa shape index (κ1) is 27.0. The third-order valence-electron chi connectivity index (χ3n) is 4.89. The van der Waals surface area contributed by atoms with Crippen molar-refractivity contribution in [2.45, 2.75) is 65.1 Å². The number of nitrogens with zero attached hydrogens (tertiary/aromatic N) is 2. The summed E-state index contributed by atoms with van der Waals surface area (Å²) in [5.74, 6) is 1.79.